The molecule has 9 heteroatoms. The zero-order valence-corrected chi connectivity index (χ0v) is 23.9. The molecular weight excluding hydrogens is 540 g/mol. The first kappa shape index (κ1) is 27.9. The average molecular weight is 571 g/mol. The molecule has 4 aromatic rings. The number of methoxy groups -OCH3 is 1. The summed E-state index contributed by atoms with van der Waals surface area (Å²) >= 11 is 1.28. The van der Waals surface area contributed by atoms with Gasteiger partial charge in [-0.05, 0) is 67.4 Å². The van der Waals surface area contributed by atoms with Crippen LogP contribution in [0.15, 0.2) is 99.9 Å². The number of rotatable bonds is 10. The van der Waals surface area contributed by atoms with Gasteiger partial charge in [0.25, 0.3) is 5.56 Å². The number of carbonyl (C=O) groups is 1. The molecule has 1 aliphatic rings. The summed E-state index contributed by atoms with van der Waals surface area (Å²) in [6, 6.07) is 23.7. The van der Waals surface area contributed by atoms with E-state index in [9.17, 15) is 9.59 Å². The summed E-state index contributed by atoms with van der Waals surface area (Å²) in [6.45, 7) is 4.56. The third-order valence-electron chi connectivity index (χ3n) is 6.49. The average Bonchev–Trinajstić information content (AvgIpc) is 3.30. The Morgan fingerprint density at radius 3 is 2.20 bits per heavy atom. The lowest BCUT2D eigenvalue weighted by molar-refractivity contribution is -0.139. The standard InChI is InChI=1S/C32H30N2O6S/c1-4-38-31(36)28-21(2)33-32-34(29(28)23-12-16-24(37-3)17-13-23)30(35)27(41-32)20-22-10-14-26(15-11-22)40-19-18-39-25-8-6-5-7-9-25/h5-17,20,29H,4,18-19H2,1-3H3/b27-20-. The van der Waals surface area contributed by atoms with Crippen molar-refractivity contribution in [3.63, 3.8) is 0 Å². The van der Waals surface area contributed by atoms with Crippen molar-refractivity contribution in [2.75, 3.05) is 26.9 Å². The van der Waals surface area contributed by atoms with Crippen LogP contribution in [0, 0.1) is 0 Å². The number of hydrogen-bond donors (Lipinski definition) is 0. The molecular formula is C32H30N2O6S. The molecule has 0 N–H and O–H groups in total. The van der Waals surface area contributed by atoms with Crippen molar-refractivity contribution in [3.05, 3.63) is 121 Å². The maximum atomic E-state index is 13.8. The van der Waals surface area contributed by atoms with E-state index in [-0.39, 0.29) is 12.2 Å². The Labute approximate surface area is 241 Å². The minimum atomic E-state index is -0.674. The Bertz CT molecular complexity index is 1720. The predicted octanol–water partition coefficient (Wildman–Crippen LogP) is 4.26. The van der Waals surface area contributed by atoms with Crippen LogP contribution in [0.5, 0.6) is 17.2 Å². The molecule has 1 unspecified atom stereocenters. The van der Waals surface area contributed by atoms with Crippen LogP contribution in [0.25, 0.3) is 6.08 Å². The molecule has 0 fully saturated rings. The van der Waals surface area contributed by atoms with Gasteiger partial charge >= 0.3 is 5.97 Å². The van der Waals surface area contributed by atoms with E-state index in [0.29, 0.717) is 45.3 Å². The van der Waals surface area contributed by atoms with Crippen LogP contribution in [0.2, 0.25) is 0 Å². The summed E-state index contributed by atoms with van der Waals surface area (Å²) in [5.74, 6) is 1.69. The van der Waals surface area contributed by atoms with Crippen LogP contribution < -0.4 is 29.1 Å². The Balaban J connectivity index is 1.41. The van der Waals surface area contributed by atoms with Gasteiger partial charge in [0.1, 0.15) is 30.5 Å². The SMILES string of the molecule is CCOC(=O)C1=C(C)N=c2s/c(=C\c3ccc(OCCOc4ccccc4)cc3)c(=O)n2C1c1ccc(OC)cc1. The molecule has 0 spiro atoms. The minimum absolute atomic E-state index is 0.217. The van der Waals surface area contributed by atoms with E-state index in [1.165, 1.54) is 11.3 Å². The molecule has 1 aromatic heterocycles. The highest BCUT2D eigenvalue weighted by Crippen LogP contribution is 2.31. The van der Waals surface area contributed by atoms with Gasteiger partial charge in [-0.2, -0.15) is 0 Å². The fourth-order valence-electron chi connectivity index (χ4n) is 4.54. The first-order valence-corrected chi connectivity index (χ1v) is 14.0. The van der Waals surface area contributed by atoms with Crippen LogP contribution >= 0.6 is 11.3 Å². The second-order valence-corrected chi connectivity index (χ2v) is 10.2. The van der Waals surface area contributed by atoms with Crippen molar-refractivity contribution in [2.24, 2.45) is 4.99 Å². The Kier molecular flexibility index (Phi) is 8.64. The lowest BCUT2D eigenvalue weighted by atomic mass is 9.96. The molecule has 8 nitrogen and oxygen atoms in total. The highest BCUT2D eigenvalue weighted by Gasteiger charge is 2.33. The van der Waals surface area contributed by atoms with Gasteiger partial charge in [-0.1, -0.05) is 53.8 Å². The van der Waals surface area contributed by atoms with Gasteiger partial charge < -0.3 is 18.9 Å². The number of esters is 1. The molecule has 0 amide bonds. The molecule has 0 radical (unpaired) electrons. The van der Waals surface area contributed by atoms with E-state index >= 15 is 0 Å². The van der Waals surface area contributed by atoms with E-state index in [4.69, 9.17) is 18.9 Å². The normalized spacial score (nSPS) is 14.7. The van der Waals surface area contributed by atoms with Gasteiger partial charge in [0.2, 0.25) is 0 Å². The van der Waals surface area contributed by atoms with Gasteiger partial charge in [-0.15, -0.1) is 0 Å². The predicted molar refractivity (Wildman–Crippen MR) is 157 cm³/mol. The summed E-state index contributed by atoms with van der Waals surface area (Å²) in [6.07, 6.45) is 1.82. The first-order valence-electron chi connectivity index (χ1n) is 13.2. The smallest absolute Gasteiger partial charge is 0.338 e. The van der Waals surface area contributed by atoms with E-state index in [1.54, 1.807) is 37.7 Å². The minimum Gasteiger partial charge on any atom is -0.497 e. The summed E-state index contributed by atoms with van der Waals surface area (Å²) in [5.41, 5.74) is 2.23. The van der Waals surface area contributed by atoms with Crippen LogP contribution in [-0.2, 0) is 9.53 Å². The maximum absolute atomic E-state index is 13.8. The van der Waals surface area contributed by atoms with E-state index < -0.39 is 12.0 Å². The molecule has 0 saturated heterocycles. The summed E-state index contributed by atoms with van der Waals surface area (Å²) in [5, 5.41) is 0. The zero-order valence-electron chi connectivity index (χ0n) is 23.0. The molecule has 3 aromatic carbocycles. The van der Waals surface area contributed by atoms with Crippen LogP contribution in [0.1, 0.15) is 31.0 Å². The van der Waals surface area contributed by atoms with Gasteiger partial charge in [0.15, 0.2) is 4.80 Å². The molecule has 41 heavy (non-hydrogen) atoms. The lowest BCUT2D eigenvalue weighted by Gasteiger charge is -2.24. The summed E-state index contributed by atoms with van der Waals surface area (Å²) in [7, 11) is 1.59. The largest absolute Gasteiger partial charge is 0.497 e. The fourth-order valence-corrected chi connectivity index (χ4v) is 5.59. The molecule has 5 rings (SSSR count). The second-order valence-electron chi connectivity index (χ2n) is 9.15. The number of thiazole rings is 1. The van der Waals surface area contributed by atoms with E-state index in [0.717, 1.165) is 16.9 Å². The van der Waals surface area contributed by atoms with Crippen molar-refractivity contribution in [3.8, 4) is 17.2 Å². The molecule has 210 valence electrons. The summed E-state index contributed by atoms with van der Waals surface area (Å²) < 4.78 is 24.2. The van der Waals surface area contributed by atoms with Crippen LogP contribution in [0.3, 0.4) is 0 Å². The van der Waals surface area contributed by atoms with Crippen molar-refractivity contribution < 1.29 is 23.7 Å². The maximum Gasteiger partial charge on any atom is 0.338 e. The van der Waals surface area contributed by atoms with Crippen molar-refractivity contribution in [1.82, 2.24) is 4.57 Å². The Morgan fingerprint density at radius 2 is 1.56 bits per heavy atom. The highest BCUT2D eigenvalue weighted by molar-refractivity contribution is 7.07. The third kappa shape index (κ3) is 6.25. The Morgan fingerprint density at radius 1 is 0.927 bits per heavy atom. The molecule has 2 heterocycles. The van der Waals surface area contributed by atoms with E-state index in [1.807, 2.05) is 72.8 Å². The number of allylic oxidation sites excluding steroid dienone is 1. The van der Waals surface area contributed by atoms with Gasteiger partial charge in [-0.3, -0.25) is 9.36 Å². The number of benzene rings is 3. The van der Waals surface area contributed by atoms with Gasteiger partial charge in [0, 0.05) is 0 Å². The van der Waals surface area contributed by atoms with Crippen LogP contribution in [0.4, 0.5) is 0 Å². The van der Waals surface area contributed by atoms with Crippen LogP contribution in [-0.4, -0.2) is 37.5 Å². The van der Waals surface area contributed by atoms with Gasteiger partial charge in [0.05, 0.1) is 35.6 Å². The zero-order chi connectivity index (χ0) is 28.8. The third-order valence-corrected chi connectivity index (χ3v) is 7.47. The van der Waals surface area contributed by atoms with E-state index in [2.05, 4.69) is 4.99 Å². The van der Waals surface area contributed by atoms with Crippen molar-refractivity contribution in [1.29, 1.82) is 0 Å². The fraction of sp³-hybridized carbons (Fsp3) is 0.219. The lowest BCUT2D eigenvalue weighted by Crippen LogP contribution is -2.39. The summed E-state index contributed by atoms with van der Waals surface area (Å²) in [4.78, 5) is 31.9. The van der Waals surface area contributed by atoms with Crippen molar-refractivity contribution in [2.45, 2.75) is 19.9 Å². The molecule has 0 aliphatic carbocycles. The number of aromatic nitrogens is 1. The second kappa shape index (κ2) is 12.7. The number of carbonyl (C=O) groups excluding carboxylic acids is 1. The van der Waals surface area contributed by atoms with Crippen molar-refractivity contribution >= 4 is 23.4 Å². The topological polar surface area (TPSA) is 88.4 Å². The number of hydrogen-bond acceptors (Lipinski definition) is 8. The molecule has 1 atom stereocenters. The molecule has 0 bridgehead atoms. The number of nitrogens with zero attached hydrogens (tertiary/aromatic N) is 2. The number of fused-ring (bicyclic) bond motifs is 1. The molecule has 0 saturated carbocycles. The number of para-hydroxylation sites is 1. The number of ether oxygens (including phenoxy) is 4. The van der Waals surface area contributed by atoms with Gasteiger partial charge in [-0.25, -0.2) is 9.79 Å². The first-order chi connectivity index (χ1) is 20.0. The Hall–Kier alpha value is -4.63. The highest BCUT2D eigenvalue weighted by atomic mass is 32.1. The monoisotopic (exact) mass is 570 g/mol. The molecule has 1 aliphatic heterocycles. The quantitative estimate of drug-likeness (QED) is 0.209.